The van der Waals surface area contributed by atoms with Crippen molar-refractivity contribution in [3.63, 3.8) is 0 Å². The summed E-state index contributed by atoms with van der Waals surface area (Å²) in [6.45, 7) is 2.58. The molecule has 1 saturated heterocycles. The van der Waals surface area contributed by atoms with Crippen molar-refractivity contribution < 1.29 is 14.8 Å². The molecule has 1 aromatic rings. The lowest BCUT2D eigenvalue weighted by Gasteiger charge is -2.26. The van der Waals surface area contributed by atoms with E-state index in [0.29, 0.717) is 18.7 Å². The van der Waals surface area contributed by atoms with Gasteiger partial charge in [0.2, 0.25) is 0 Å². The van der Waals surface area contributed by atoms with Crippen LogP contribution in [-0.4, -0.2) is 53.1 Å². The van der Waals surface area contributed by atoms with Crippen molar-refractivity contribution in [2.45, 2.75) is 19.1 Å². The number of carbonyl (C=O) groups excluding carboxylic acids is 1. The third-order valence-corrected chi connectivity index (χ3v) is 3.62. The molecular weight excluding hydrogens is 262 g/mol. The van der Waals surface area contributed by atoms with Gasteiger partial charge in [0.25, 0.3) is 11.6 Å². The summed E-state index contributed by atoms with van der Waals surface area (Å²) < 4.78 is 0. The van der Waals surface area contributed by atoms with Crippen LogP contribution in [0.3, 0.4) is 0 Å². The highest BCUT2D eigenvalue weighted by Crippen LogP contribution is 2.21. The SMILES string of the molecule is Cc1ccc(C(=O)N(C)[C@H]2CNC[C@@H]2O)cc1[N+](=O)[O-]. The number of nitrogens with one attached hydrogen (secondary N) is 1. The number of likely N-dealkylation sites (N-methyl/N-ethyl adjacent to an activating group) is 1. The van der Waals surface area contributed by atoms with E-state index in [2.05, 4.69) is 5.32 Å². The number of nitro benzene ring substituents is 1. The van der Waals surface area contributed by atoms with Gasteiger partial charge in [-0.05, 0) is 13.0 Å². The molecule has 0 aromatic heterocycles. The molecule has 7 heteroatoms. The molecule has 1 aliphatic heterocycles. The number of aryl methyl sites for hydroxylation is 1. The molecule has 2 N–H and O–H groups in total. The van der Waals surface area contributed by atoms with Crippen LogP contribution in [0.15, 0.2) is 18.2 Å². The van der Waals surface area contributed by atoms with E-state index >= 15 is 0 Å². The Bertz CT molecular complexity index is 546. The number of nitro groups is 1. The summed E-state index contributed by atoms with van der Waals surface area (Å²) in [7, 11) is 1.59. The Labute approximate surface area is 116 Å². The number of rotatable bonds is 3. The minimum atomic E-state index is -0.621. The number of β-amino-alcohol motifs (C(OH)–C–C–N with tert-alkyl or cyclic N) is 1. The minimum absolute atomic E-state index is 0.0747. The summed E-state index contributed by atoms with van der Waals surface area (Å²) in [5.41, 5.74) is 0.690. The molecule has 0 unspecified atom stereocenters. The predicted octanol–water partition coefficient (Wildman–Crippen LogP) is 0.308. The van der Waals surface area contributed by atoms with E-state index in [9.17, 15) is 20.0 Å². The van der Waals surface area contributed by atoms with Gasteiger partial charge < -0.3 is 15.3 Å². The first kappa shape index (κ1) is 14.4. The van der Waals surface area contributed by atoms with Gasteiger partial charge in [0, 0.05) is 37.3 Å². The zero-order valence-corrected chi connectivity index (χ0v) is 11.4. The van der Waals surface area contributed by atoms with Crippen LogP contribution >= 0.6 is 0 Å². The van der Waals surface area contributed by atoms with E-state index in [1.165, 1.54) is 11.0 Å². The molecule has 20 heavy (non-hydrogen) atoms. The largest absolute Gasteiger partial charge is 0.390 e. The maximum Gasteiger partial charge on any atom is 0.273 e. The first-order valence-electron chi connectivity index (χ1n) is 6.33. The molecule has 7 nitrogen and oxygen atoms in total. The van der Waals surface area contributed by atoms with Crippen molar-refractivity contribution in [3.8, 4) is 0 Å². The van der Waals surface area contributed by atoms with Crippen LogP contribution in [0, 0.1) is 17.0 Å². The van der Waals surface area contributed by atoms with Crippen LogP contribution in [-0.2, 0) is 0 Å². The van der Waals surface area contributed by atoms with E-state index in [1.54, 1.807) is 26.1 Å². The molecule has 1 amide bonds. The maximum atomic E-state index is 12.3. The van der Waals surface area contributed by atoms with Crippen LogP contribution in [0.1, 0.15) is 15.9 Å². The predicted molar refractivity (Wildman–Crippen MR) is 72.6 cm³/mol. The number of carbonyl (C=O) groups is 1. The van der Waals surface area contributed by atoms with Crippen molar-refractivity contribution in [1.82, 2.24) is 10.2 Å². The molecule has 1 aromatic carbocycles. The second-order valence-corrected chi connectivity index (χ2v) is 4.97. The molecule has 1 fully saturated rings. The summed E-state index contributed by atoms with van der Waals surface area (Å²) in [6.07, 6.45) is -0.621. The second-order valence-electron chi connectivity index (χ2n) is 4.97. The summed E-state index contributed by atoms with van der Waals surface area (Å²) >= 11 is 0. The van der Waals surface area contributed by atoms with E-state index in [4.69, 9.17) is 0 Å². The Kier molecular flexibility index (Phi) is 4.01. The fraction of sp³-hybridized carbons (Fsp3) is 0.462. The van der Waals surface area contributed by atoms with Crippen molar-refractivity contribution >= 4 is 11.6 Å². The molecule has 0 spiro atoms. The van der Waals surface area contributed by atoms with Crippen molar-refractivity contribution in [3.05, 3.63) is 39.4 Å². The van der Waals surface area contributed by atoms with Crippen LogP contribution < -0.4 is 5.32 Å². The first-order valence-corrected chi connectivity index (χ1v) is 6.33. The van der Waals surface area contributed by atoms with Gasteiger partial charge in [-0.1, -0.05) is 6.07 Å². The quantitative estimate of drug-likeness (QED) is 0.613. The molecule has 2 atom stereocenters. The van der Waals surface area contributed by atoms with Gasteiger partial charge in [0.15, 0.2) is 0 Å². The number of nitrogens with zero attached hydrogens (tertiary/aromatic N) is 2. The van der Waals surface area contributed by atoms with E-state index in [-0.39, 0.29) is 23.2 Å². The summed E-state index contributed by atoms with van der Waals surface area (Å²) in [4.78, 5) is 24.2. The molecule has 0 aliphatic carbocycles. The highest BCUT2D eigenvalue weighted by molar-refractivity contribution is 5.95. The second kappa shape index (κ2) is 5.56. The lowest BCUT2D eigenvalue weighted by atomic mass is 10.1. The Hall–Kier alpha value is -1.99. The number of aliphatic hydroxyl groups is 1. The van der Waals surface area contributed by atoms with Crippen LogP contribution in [0.5, 0.6) is 0 Å². The smallest absolute Gasteiger partial charge is 0.273 e. The van der Waals surface area contributed by atoms with Gasteiger partial charge >= 0.3 is 0 Å². The number of amides is 1. The zero-order valence-electron chi connectivity index (χ0n) is 11.4. The Morgan fingerprint density at radius 2 is 2.20 bits per heavy atom. The zero-order chi connectivity index (χ0) is 14.9. The lowest BCUT2D eigenvalue weighted by molar-refractivity contribution is -0.385. The molecule has 0 saturated carbocycles. The Balaban J connectivity index is 2.24. The molecule has 108 valence electrons. The number of hydrogen-bond acceptors (Lipinski definition) is 5. The summed E-state index contributed by atoms with van der Waals surface area (Å²) in [6, 6.07) is 4.09. The van der Waals surface area contributed by atoms with Gasteiger partial charge in [0.05, 0.1) is 17.1 Å². The van der Waals surface area contributed by atoms with Crippen LogP contribution in [0.4, 0.5) is 5.69 Å². The highest BCUT2D eigenvalue weighted by Gasteiger charge is 2.32. The average molecular weight is 279 g/mol. The van der Waals surface area contributed by atoms with Gasteiger partial charge in [-0.2, -0.15) is 0 Å². The number of benzene rings is 1. The minimum Gasteiger partial charge on any atom is -0.390 e. The van der Waals surface area contributed by atoms with Crippen molar-refractivity contribution in [2.24, 2.45) is 0 Å². The summed E-state index contributed by atoms with van der Waals surface area (Å²) in [5, 5.41) is 23.7. The molecular formula is C13H17N3O4. The van der Waals surface area contributed by atoms with Crippen LogP contribution in [0.2, 0.25) is 0 Å². The fourth-order valence-electron chi connectivity index (χ4n) is 2.34. The Morgan fingerprint density at radius 1 is 1.50 bits per heavy atom. The van der Waals surface area contributed by atoms with Gasteiger partial charge in [-0.25, -0.2) is 0 Å². The molecule has 2 rings (SSSR count). The third kappa shape index (κ3) is 2.63. The summed E-state index contributed by atoms with van der Waals surface area (Å²) in [5.74, 6) is -0.333. The highest BCUT2D eigenvalue weighted by atomic mass is 16.6. The van der Waals surface area contributed by atoms with Crippen LogP contribution in [0.25, 0.3) is 0 Å². The monoisotopic (exact) mass is 279 g/mol. The molecule has 0 radical (unpaired) electrons. The van der Waals surface area contributed by atoms with Crippen molar-refractivity contribution in [1.29, 1.82) is 0 Å². The van der Waals surface area contributed by atoms with Gasteiger partial charge in [-0.15, -0.1) is 0 Å². The average Bonchev–Trinajstić information content (AvgIpc) is 2.83. The number of hydrogen-bond donors (Lipinski definition) is 2. The molecule has 1 heterocycles. The van der Waals surface area contributed by atoms with E-state index in [1.807, 2.05) is 0 Å². The number of aliphatic hydroxyl groups excluding tert-OH is 1. The molecule has 1 aliphatic rings. The Morgan fingerprint density at radius 3 is 2.75 bits per heavy atom. The first-order chi connectivity index (χ1) is 9.41. The maximum absolute atomic E-state index is 12.3. The van der Waals surface area contributed by atoms with Crippen molar-refractivity contribution in [2.75, 3.05) is 20.1 Å². The lowest BCUT2D eigenvalue weighted by Crippen LogP contribution is -2.44. The van der Waals surface area contributed by atoms with Gasteiger partial charge in [-0.3, -0.25) is 14.9 Å². The normalized spacial score (nSPS) is 21.8. The standard InChI is InChI=1S/C13H17N3O4/c1-8-3-4-9(5-10(8)16(19)20)13(18)15(2)11-6-14-7-12(11)17/h3-5,11-12,14,17H,6-7H2,1-2H3/t11-,12-/m0/s1. The fourth-order valence-corrected chi connectivity index (χ4v) is 2.34. The van der Waals surface area contributed by atoms with E-state index < -0.39 is 11.0 Å². The van der Waals surface area contributed by atoms with Gasteiger partial charge in [0.1, 0.15) is 0 Å². The third-order valence-electron chi connectivity index (χ3n) is 3.62. The topological polar surface area (TPSA) is 95.7 Å². The molecule has 0 bridgehead atoms. The van der Waals surface area contributed by atoms with E-state index in [0.717, 1.165) is 0 Å².